The first-order chi connectivity index (χ1) is 13.7. The van der Waals surface area contributed by atoms with Gasteiger partial charge in [0.15, 0.2) is 5.82 Å². The van der Waals surface area contributed by atoms with Gasteiger partial charge in [-0.25, -0.2) is 9.97 Å². The van der Waals surface area contributed by atoms with Gasteiger partial charge in [-0.1, -0.05) is 6.07 Å². The first kappa shape index (κ1) is 16.7. The third kappa shape index (κ3) is 2.76. The number of fused-ring (bicyclic) bond motifs is 2. The second-order valence-electron chi connectivity index (χ2n) is 6.33. The summed E-state index contributed by atoms with van der Waals surface area (Å²) >= 11 is 1.69. The van der Waals surface area contributed by atoms with Crippen molar-refractivity contribution < 1.29 is 9.53 Å². The summed E-state index contributed by atoms with van der Waals surface area (Å²) in [7, 11) is 0. The van der Waals surface area contributed by atoms with Crippen LogP contribution in [0.1, 0.15) is 20.8 Å². The highest BCUT2D eigenvalue weighted by Gasteiger charge is 2.23. The van der Waals surface area contributed by atoms with Crippen LogP contribution in [0.15, 0.2) is 42.0 Å². The smallest absolute Gasteiger partial charge is 0.250 e. The van der Waals surface area contributed by atoms with Gasteiger partial charge in [-0.15, -0.1) is 11.3 Å². The van der Waals surface area contributed by atoms with Crippen LogP contribution in [0.4, 0.5) is 5.82 Å². The van der Waals surface area contributed by atoms with Gasteiger partial charge in [-0.05, 0) is 23.6 Å². The van der Waals surface area contributed by atoms with E-state index in [1.165, 1.54) is 4.88 Å². The normalized spacial score (nSPS) is 12.7. The highest BCUT2D eigenvalue weighted by atomic mass is 32.1. The van der Waals surface area contributed by atoms with Crippen molar-refractivity contribution in [1.29, 1.82) is 0 Å². The van der Waals surface area contributed by atoms with Gasteiger partial charge in [0.1, 0.15) is 5.82 Å². The van der Waals surface area contributed by atoms with Gasteiger partial charge in [-0.2, -0.15) is 4.98 Å². The molecule has 1 amide bonds. The summed E-state index contributed by atoms with van der Waals surface area (Å²) in [6.45, 7) is 1.25. The number of thiophene rings is 1. The van der Waals surface area contributed by atoms with E-state index in [4.69, 9.17) is 15.5 Å². The summed E-state index contributed by atoms with van der Waals surface area (Å²) in [5.74, 6) is 1.76. The number of imidazole rings is 1. The minimum atomic E-state index is -0.506. The van der Waals surface area contributed by atoms with E-state index in [-0.39, 0.29) is 0 Å². The molecule has 0 bridgehead atoms. The minimum absolute atomic E-state index is 0.398. The maximum absolute atomic E-state index is 11.7. The van der Waals surface area contributed by atoms with Gasteiger partial charge >= 0.3 is 0 Å². The van der Waals surface area contributed by atoms with E-state index >= 15 is 0 Å². The van der Waals surface area contributed by atoms with Crippen molar-refractivity contribution in [2.24, 2.45) is 5.73 Å². The number of carbonyl (C=O) groups is 1. The van der Waals surface area contributed by atoms with Crippen LogP contribution in [0, 0.1) is 0 Å². The Labute approximate surface area is 164 Å². The zero-order valence-electron chi connectivity index (χ0n) is 14.8. The van der Waals surface area contributed by atoms with Crippen molar-refractivity contribution in [3.63, 3.8) is 0 Å². The molecule has 28 heavy (non-hydrogen) atoms. The zero-order chi connectivity index (χ0) is 19.1. The fraction of sp³-hybridized carbons (Fsp3) is 0.158. The molecule has 0 aromatic carbocycles. The second kappa shape index (κ2) is 6.61. The van der Waals surface area contributed by atoms with Gasteiger partial charge in [0.05, 0.1) is 36.0 Å². The molecule has 4 aromatic heterocycles. The Kier molecular flexibility index (Phi) is 3.94. The first-order valence-corrected chi connectivity index (χ1v) is 9.65. The van der Waals surface area contributed by atoms with E-state index in [1.54, 1.807) is 40.3 Å². The highest BCUT2D eigenvalue weighted by molar-refractivity contribution is 7.09. The Morgan fingerprint density at radius 1 is 1.32 bits per heavy atom. The lowest BCUT2D eigenvalue weighted by atomic mass is 10.2. The molecule has 1 aliphatic rings. The molecule has 0 fully saturated rings. The molecule has 4 aromatic rings. The number of pyridine rings is 1. The fourth-order valence-electron chi connectivity index (χ4n) is 3.28. The minimum Gasteiger partial charge on any atom is -0.477 e. The average Bonchev–Trinajstić information content (AvgIpc) is 3.45. The van der Waals surface area contributed by atoms with E-state index in [0.717, 1.165) is 17.8 Å². The lowest BCUT2D eigenvalue weighted by molar-refractivity contribution is 0.100. The maximum Gasteiger partial charge on any atom is 0.250 e. The molecular formula is C19H16N6O2S. The Morgan fingerprint density at radius 2 is 2.25 bits per heavy atom. The largest absolute Gasteiger partial charge is 0.477 e. The van der Waals surface area contributed by atoms with Crippen LogP contribution in [-0.2, 0) is 13.0 Å². The van der Waals surface area contributed by atoms with Gasteiger partial charge in [0.25, 0.3) is 5.91 Å². The van der Waals surface area contributed by atoms with Crippen molar-refractivity contribution in [3.05, 3.63) is 58.0 Å². The average molecular weight is 392 g/mol. The van der Waals surface area contributed by atoms with Crippen LogP contribution in [0.2, 0.25) is 0 Å². The molecule has 0 saturated heterocycles. The third-order valence-corrected chi connectivity index (χ3v) is 5.48. The molecule has 3 N–H and O–H groups in total. The summed E-state index contributed by atoms with van der Waals surface area (Å²) < 4.78 is 7.45. The molecule has 8 nitrogen and oxygen atoms in total. The Hall–Kier alpha value is -3.46. The van der Waals surface area contributed by atoms with Crippen molar-refractivity contribution in [2.45, 2.75) is 13.0 Å². The van der Waals surface area contributed by atoms with Crippen molar-refractivity contribution >= 4 is 28.6 Å². The van der Waals surface area contributed by atoms with Crippen LogP contribution >= 0.6 is 11.3 Å². The molecule has 0 unspecified atom stereocenters. The summed E-state index contributed by atoms with van der Waals surface area (Å²) in [5, 5.41) is 5.44. The summed E-state index contributed by atoms with van der Waals surface area (Å²) in [4.78, 5) is 26.6. The van der Waals surface area contributed by atoms with E-state index in [1.807, 2.05) is 11.4 Å². The van der Waals surface area contributed by atoms with Gasteiger partial charge < -0.3 is 15.8 Å². The van der Waals surface area contributed by atoms with Gasteiger partial charge in [0.2, 0.25) is 11.7 Å². The molecule has 9 heteroatoms. The molecule has 0 aliphatic carbocycles. The van der Waals surface area contributed by atoms with Gasteiger partial charge in [0, 0.05) is 17.5 Å². The molecule has 1 aliphatic heterocycles. The number of ether oxygens (including phenoxy) is 1. The van der Waals surface area contributed by atoms with E-state index in [9.17, 15) is 4.79 Å². The monoisotopic (exact) mass is 392 g/mol. The number of anilines is 1. The summed E-state index contributed by atoms with van der Waals surface area (Å²) in [6.07, 6.45) is 4.17. The quantitative estimate of drug-likeness (QED) is 0.540. The number of hydrogen-bond acceptors (Lipinski definition) is 7. The molecule has 0 spiro atoms. The van der Waals surface area contributed by atoms with Crippen LogP contribution in [-0.4, -0.2) is 31.9 Å². The number of amides is 1. The predicted octanol–water partition coefficient (Wildman–Crippen LogP) is 2.50. The number of nitrogens with zero attached hydrogens (tertiary/aromatic N) is 4. The lowest BCUT2D eigenvalue weighted by Gasteiger charge is -2.10. The van der Waals surface area contributed by atoms with Crippen LogP contribution in [0.25, 0.3) is 17.2 Å². The number of hydrogen-bond donors (Lipinski definition) is 2. The van der Waals surface area contributed by atoms with Crippen molar-refractivity contribution in [1.82, 2.24) is 19.4 Å². The molecule has 0 saturated carbocycles. The highest BCUT2D eigenvalue weighted by Crippen LogP contribution is 2.32. The molecule has 5 heterocycles. The molecule has 5 rings (SSSR count). The van der Waals surface area contributed by atoms with Gasteiger partial charge in [-0.3, -0.25) is 9.20 Å². The number of aromatic nitrogens is 4. The standard InChI is InChI=1S/C19H16N6O2S/c20-15(26)12-4-1-6-25-14(12)10-22-18(25)17-23-16(13-5-7-27-19(13)24-17)21-9-11-3-2-8-28-11/h1-4,6,8,10H,5,7,9H2,(H2,20,26)(H,21,23,24). The molecule has 0 atom stereocenters. The van der Waals surface area contributed by atoms with E-state index in [2.05, 4.69) is 21.4 Å². The van der Waals surface area contributed by atoms with Crippen molar-refractivity contribution in [2.75, 3.05) is 11.9 Å². The number of rotatable bonds is 5. The SMILES string of the molecule is NC(=O)c1cccn2c(-c3nc(NCc4cccs4)c4c(n3)OCC4)ncc12. The second-order valence-corrected chi connectivity index (χ2v) is 7.37. The van der Waals surface area contributed by atoms with Crippen LogP contribution in [0.3, 0.4) is 0 Å². The first-order valence-electron chi connectivity index (χ1n) is 8.77. The fourth-order valence-corrected chi connectivity index (χ4v) is 3.93. The molecule has 0 radical (unpaired) electrons. The topological polar surface area (TPSA) is 107 Å². The summed E-state index contributed by atoms with van der Waals surface area (Å²) in [6, 6.07) is 7.51. The number of primary amides is 1. The molecular weight excluding hydrogens is 376 g/mol. The lowest BCUT2D eigenvalue weighted by Crippen LogP contribution is -2.12. The Bertz CT molecular complexity index is 1180. The van der Waals surface area contributed by atoms with Crippen molar-refractivity contribution in [3.8, 4) is 17.5 Å². The molecule has 140 valence electrons. The predicted molar refractivity (Wildman–Crippen MR) is 106 cm³/mol. The number of nitrogens with one attached hydrogen (secondary N) is 1. The van der Waals surface area contributed by atoms with E-state index in [0.29, 0.717) is 41.8 Å². The summed E-state index contributed by atoms with van der Waals surface area (Å²) in [5.41, 5.74) is 7.45. The third-order valence-electron chi connectivity index (χ3n) is 4.61. The zero-order valence-corrected chi connectivity index (χ0v) is 15.6. The Morgan fingerprint density at radius 3 is 3.07 bits per heavy atom. The number of nitrogens with two attached hydrogens (primary N) is 1. The Balaban J connectivity index is 1.59. The van der Waals surface area contributed by atoms with Crippen LogP contribution < -0.4 is 15.8 Å². The maximum atomic E-state index is 11.7. The van der Waals surface area contributed by atoms with Crippen LogP contribution in [0.5, 0.6) is 5.88 Å². The number of carbonyl (C=O) groups excluding carboxylic acids is 1. The van der Waals surface area contributed by atoms with E-state index < -0.39 is 5.91 Å².